The van der Waals surface area contributed by atoms with Gasteiger partial charge in [0.15, 0.2) is 0 Å². The summed E-state index contributed by atoms with van der Waals surface area (Å²) in [6, 6.07) is 0. The molecule has 1 aliphatic heterocycles. The highest BCUT2D eigenvalue weighted by Crippen LogP contribution is 2.50. The van der Waals surface area contributed by atoms with E-state index in [0.29, 0.717) is 10.5 Å². The fraction of sp³-hybridized carbons (Fsp3) is 1.00. The molecule has 3 rings (SSSR count). The van der Waals surface area contributed by atoms with Crippen molar-refractivity contribution in [3.8, 4) is 0 Å². The molecule has 0 aromatic carbocycles. The van der Waals surface area contributed by atoms with Gasteiger partial charge in [0.1, 0.15) is 0 Å². The Morgan fingerprint density at radius 3 is 2.67 bits per heavy atom. The topological polar surface area (TPSA) is 20.2 Å². The smallest absolute Gasteiger partial charge is 0.0672 e. The average Bonchev–Trinajstić information content (AvgIpc) is 3.01. The Hall–Kier alpha value is 0.660. The van der Waals surface area contributed by atoms with E-state index in [9.17, 15) is 5.11 Å². The Bertz CT molecular complexity index is 284. The van der Waals surface area contributed by atoms with E-state index >= 15 is 0 Å². The molecule has 0 radical (unpaired) electrons. The Balaban J connectivity index is 1.55. The van der Waals surface area contributed by atoms with Crippen molar-refractivity contribution in [2.24, 2.45) is 17.8 Å². The number of aliphatic hydroxyl groups excluding tert-OH is 1. The van der Waals surface area contributed by atoms with Gasteiger partial charge < -0.3 is 5.11 Å². The van der Waals surface area contributed by atoms with Crippen molar-refractivity contribution in [3.05, 3.63) is 0 Å². The molecule has 2 saturated carbocycles. The summed E-state index contributed by atoms with van der Waals surface area (Å²) in [6.45, 7) is 2.28. The minimum Gasteiger partial charge on any atom is -0.392 e. The molecule has 0 aromatic heterocycles. The lowest BCUT2D eigenvalue weighted by atomic mass is 9.84. The number of fused-ring (bicyclic) bond motifs is 2. The van der Waals surface area contributed by atoms with Gasteiger partial charge in [-0.3, -0.25) is 0 Å². The normalized spacial score (nSPS) is 45.3. The van der Waals surface area contributed by atoms with Gasteiger partial charge in [0.2, 0.25) is 0 Å². The standard InChI is InChI=1S/C15H26OS2/c1-2-14-15(18-6-5-17-14)13(16)9-12-8-10-3-4-11(12)7-10/h10-16H,2-9H2,1H3. The summed E-state index contributed by atoms with van der Waals surface area (Å²) in [5.41, 5.74) is 0. The lowest BCUT2D eigenvalue weighted by molar-refractivity contribution is 0.120. The average molecular weight is 287 g/mol. The zero-order chi connectivity index (χ0) is 12.5. The van der Waals surface area contributed by atoms with Crippen LogP contribution < -0.4 is 0 Å². The summed E-state index contributed by atoms with van der Waals surface area (Å²) in [4.78, 5) is 0. The third-order valence-electron chi connectivity index (χ3n) is 5.30. The van der Waals surface area contributed by atoms with E-state index in [1.54, 1.807) is 0 Å². The van der Waals surface area contributed by atoms with Gasteiger partial charge in [-0.2, -0.15) is 23.5 Å². The fourth-order valence-corrected chi connectivity index (χ4v) is 7.57. The first-order valence-corrected chi connectivity index (χ1v) is 9.79. The Labute approximate surface area is 120 Å². The molecular weight excluding hydrogens is 260 g/mol. The van der Waals surface area contributed by atoms with Gasteiger partial charge in [-0.25, -0.2) is 0 Å². The lowest BCUT2D eigenvalue weighted by Gasteiger charge is -2.35. The molecule has 2 aliphatic carbocycles. The summed E-state index contributed by atoms with van der Waals surface area (Å²) in [5.74, 6) is 5.34. The van der Waals surface area contributed by atoms with Gasteiger partial charge >= 0.3 is 0 Å². The Morgan fingerprint density at radius 2 is 2.00 bits per heavy atom. The molecule has 1 heterocycles. The van der Waals surface area contributed by atoms with Gasteiger partial charge in [-0.05, 0) is 49.9 Å². The van der Waals surface area contributed by atoms with Crippen molar-refractivity contribution in [1.82, 2.24) is 0 Å². The minimum atomic E-state index is -0.0444. The summed E-state index contributed by atoms with van der Waals surface area (Å²) >= 11 is 4.13. The SMILES string of the molecule is CCC1SCCSC1C(O)CC1CC2CCC1C2. The maximum Gasteiger partial charge on any atom is 0.0672 e. The predicted octanol–water partition coefficient (Wildman–Crippen LogP) is 3.80. The third kappa shape index (κ3) is 2.73. The second kappa shape index (κ2) is 5.97. The van der Waals surface area contributed by atoms with Crippen molar-refractivity contribution < 1.29 is 5.11 Å². The fourth-order valence-electron chi connectivity index (χ4n) is 4.40. The van der Waals surface area contributed by atoms with Crippen LogP contribution in [-0.2, 0) is 0 Å². The first-order chi connectivity index (χ1) is 8.78. The van der Waals surface area contributed by atoms with Crippen molar-refractivity contribution in [2.45, 2.75) is 62.1 Å². The van der Waals surface area contributed by atoms with Crippen molar-refractivity contribution in [1.29, 1.82) is 0 Å². The molecule has 1 N–H and O–H groups in total. The number of hydrogen-bond acceptors (Lipinski definition) is 3. The Kier molecular flexibility index (Phi) is 4.52. The van der Waals surface area contributed by atoms with Crippen LogP contribution in [0, 0.1) is 17.8 Å². The molecule has 0 aromatic rings. The van der Waals surface area contributed by atoms with E-state index < -0.39 is 0 Å². The molecule has 6 atom stereocenters. The summed E-state index contributed by atoms with van der Waals surface area (Å²) < 4.78 is 0. The lowest BCUT2D eigenvalue weighted by Crippen LogP contribution is -2.37. The minimum absolute atomic E-state index is 0.0444. The van der Waals surface area contributed by atoms with E-state index in [2.05, 4.69) is 18.7 Å². The van der Waals surface area contributed by atoms with Gasteiger partial charge in [-0.15, -0.1) is 0 Å². The first kappa shape index (κ1) is 13.6. The van der Waals surface area contributed by atoms with Gasteiger partial charge in [0, 0.05) is 22.0 Å². The molecule has 18 heavy (non-hydrogen) atoms. The largest absolute Gasteiger partial charge is 0.392 e. The molecule has 1 nitrogen and oxygen atoms in total. The van der Waals surface area contributed by atoms with Crippen LogP contribution >= 0.6 is 23.5 Å². The highest BCUT2D eigenvalue weighted by Gasteiger charge is 2.41. The van der Waals surface area contributed by atoms with E-state index in [1.165, 1.54) is 43.6 Å². The number of thioether (sulfide) groups is 2. The summed E-state index contributed by atoms with van der Waals surface area (Å²) in [7, 11) is 0. The predicted molar refractivity (Wildman–Crippen MR) is 82.3 cm³/mol. The first-order valence-electron chi connectivity index (χ1n) is 7.69. The molecule has 104 valence electrons. The molecule has 2 bridgehead atoms. The monoisotopic (exact) mass is 286 g/mol. The molecule has 0 spiro atoms. The maximum atomic E-state index is 10.6. The highest BCUT2D eigenvalue weighted by molar-refractivity contribution is 8.07. The maximum absolute atomic E-state index is 10.6. The van der Waals surface area contributed by atoms with Crippen molar-refractivity contribution in [3.63, 3.8) is 0 Å². The van der Waals surface area contributed by atoms with Crippen LogP contribution in [0.15, 0.2) is 0 Å². The number of aliphatic hydroxyl groups is 1. The molecule has 3 aliphatic rings. The van der Waals surface area contributed by atoms with E-state index in [1.807, 2.05) is 11.8 Å². The molecule has 0 amide bonds. The van der Waals surface area contributed by atoms with E-state index in [-0.39, 0.29) is 6.10 Å². The van der Waals surface area contributed by atoms with Gasteiger partial charge in [-0.1, -0.05) is 13.3 Å². The molecule has 6 unspecified atom stereocenters. The summed E-state index contributed by atoms with van der Waals surface area (Å²) in [6.07, 6.45) is 8.09. The van der Waals surface area contributed by atoms with Crippen LogP contribution in [0.2, 0.25) is 0 Å². The van der Waals surface area contributed by atoms with Gasteiger partial charge in [0.05, 0.1) is 6.10 Å². The van der Waals surface area contributed by atoms with Crippen LogP contribution in [0.4, 0.5) is 0 Å². The van der Waals surface area contributed by atoms with Crippen LogP contribution in [0.5, 0.6) is 0 Å². The van der Waals surface area contributed by atoms with Crippen molar-refractivity contribution in [2.75, 3.05) is 11.5 Å². The number of hydrogen-bond donors (Lipinski definition) is 1. The van der Waals surface area contributed by atoms with Crippen LogP contribution in [-0.4, -0.2) is 33.2 Å². The molecule has 3 fully saturated rings. The van der Waals surface area contributed by atoms with E-state index in [0.717, 1.165) is 24.2 Å². The van der Waals surface area contributed by atoms with Crippen LogP contribution in [0.1, 0.15) is 45.4 Å². The van der Waals surface area contributed by atoms with Crippen molar-refractivity contribution >= 4 is 23.5 Å². The highest BCUT2D eigenvalue weighted by atomic mass is 32.2. The zero-order valence-corrected chi connectivity index (χ0v) is 13.0. The molecule has 3 heteroatoms. The van der Waals surface area contributed by atoms with E-state index in [4.69, 9.17) is 0 Å². The second-order valence-corrected chi connectivity index (χ2v) is 9.02. The Morgan fingerprint density at radius 1 is 1.17 bits per heavy atom. The second-order valence-electron chi connectivity index (χ2n) is 6.39. The zero-order valence-electron chi connectivity index (χ0n) is 11.4. The third-order valence-corrected chi connectivity index (χ3v) is 8.70. The van der Waals surface area contributed by atoms with Gasteiger partial charge in [0.25, 0.3) is 0 Å². The summed E-state index contributed by atoms with van der Waals surface area (Å²) in [5, 5.41) is 11.8. The molecular formula is C15H26OS2. The van der Waals surface area contributed by atoms with Crippen LogP contribution in [0.3, 0.4) is 0 Å². The quantitative estimate of drug-likeness (QED) is 0.849. The molecule has 1 saturated heterocycles. The number of rotatable bonds is 4. The van der Waals surface area contributed by atoms with Crippen LogP contribution in [0.25, 0.3) is 0 Å².